The van der Waals surface area contributed by atoms with Crippen LogP contribution in [-0.2, 0) is 6.54 Å². The molecule has 1 aliphatic carbocycles. The Kier molecular flexibility index (Phi) is 3.79. The van der Waals surface area contributed by atoms with Gasteiger partial charge < -0.3 is 10.0 Å². The molecule has 1 saturated carbocycles. The van der Waals surface area contributed by atoms with Crippen LogP contribution in [0, 0.1) is 18.7 Å². The maximum absolute atomic E-state index is 13.0. The minimum absolute atomic E-state index is 0.0824. The number of nitrogens with zero attached hydrogens (tertiary/aromatic N) is 1. The minimum Gasteiger partial charge on any atom is -0.393 e. The van der Waals surface area contributed by atoms with Crippen LogP contribution in [0.1, 0.15) is 24.0 Å². The molecule has 0 bridgehead atoms. The molecule has 0 radical (unpaired) electrons. The summed E-state index contributed by atoms with van der Waals surface area (Å²) in [4.78, 5) is 2.25. The summed E-state index contributed by atoms with van der Waals surface area (Å²) in [5, 5.41) is 9.24. The molecular formula is C14H20FNO. The number of aliphatic hydroxyl groups is 1. The fourth-order valence-corrected chi connectivity index (χ4v) is 2.48. The summed E-state index contributed by atoms with van der Waals surface area (Å²) in [6.07, 6.45) is 1.76. The highest BCUT2D eigenvalue weighted by Gasteiger charge is 2.27. The fourth-order valence-electron chi connectivity index (χ4n) is 2.48. The normalized spacial score (nSPS) is 23.8. The first-order valence-electron chi connectivity index (χ1n) is 6.16. The summed E-state index contributed by atoms with van der Waals surface area (Å²) >= 11 is 0. The van der Waals surface area contributed by atoms with Gasteiger partial charge in [0.1, 0.15) is 5.82 Å². The Hall–Kier alpha value is -0.930. The van der Waals surface area contributed by atoms with Crippen molar-refractivity contribution in [1.29, 1.82) is 0 Å². The maximum atomic E-state index is 13.0. The first-order valence-corrected chi connectivity index (χ1v) is 6.16. The predicted octanol–water partition coefficient (Wildman–Crippen LogP) is 2.34. The maximum Gasteiger partial charge on any atom is 0.123 e. The van der Waals surface area contributed by atoms with Crippen molar-refractivity contribution < 1.29 is 9.50 Å². The van der Waals surface area contributed by atoms with Gasteiger partial charge in [-0.05, 0) is 56.0 Å². The summed E-state index contributed by atoms with van der Waals surface area (Å²) in [6.45, 7) is 3.80. The fraction of sp³-hybridized carbons (Fsp3) is 0.571. The van der Waals surface area contributed by atoms with E-state index in [0.717, 1.165) is 31.5 Å². The molecule has 1 aliphatic rings. The minimum atomic E-state index is -0.170. The second-order valence-corrected chi connectivity index (χ2v) is 5.26. The highest BCUT2D eigenvalue weighted by molar-refractivity contribution is 5.26. The lowest BCUT2D eigenvalue weighted by Gasteiger charge is -2.34. The Bertz CT molecular complexity index is 388. The van der Waals surface area contributed by atoms with Gasteiger partial charge in [-0.15, -0.1) is 0 Å². The number of benzene rings is 1. The van der Waals surface area contributed by atoms with Crippen molar-refractivity contribution in [2.75, 3.05) is 13.6 Å². The van der Waals surface area contributed by atoms with Crippen molar-refractivity contribution in [2.45, 2.75) is 32.4 Å². The van der Waals surface area contributed by atoms with Gasteiger partial charge in [-0.3, -0.25) is 0 Å². The molecule has 0 atom stereocenters. The molecule has 0 unspecified atom stereocenters. The third-order valence-corrected chi connectivity index (χ3v) is 3.53. The summed E-state index contributed by atoms with van der Waals surface area (Å²) in [5.74, 6) is 0.451. The lowest BCUT2D eigenvalue weighted by Crippen LogP contribution is -2.36. The topological polar surface area (TPSA) is 23.5 Å². The summed E-state index contributed by atoms with van der Waals surface area (Å²) in [7, 11) is 2.08. The Morgan fingerprint density at radius 1 is 1.41 bits per heavy atom. The molecular weight excluding hydrogens is 217 g/mol. The second kappa shape index (κ2) is 5.15. The summed E-state index contributed by atoms with van der Waals surface area (Å²) < 4.78 is 13.0. The van der Waals surface area contributed by atoms with Gasteiger partial charge in [-0.2, -0.15) is 0 Å². The third kappa shape index (κ3) is 3.27. The molecule has 1 fully saturated rings. The Morgan fingerprint density at radius 3 is 2.71 bits per heavy atom. The van der Waals surface area contributed by atoms with Crippen LogP contribution in [0.5, 0.6) is 0 Å². The van der Waals surface area contributed by atoms with Gasteiger partial charge in [-0.1, -0.05) is 6.07 Å². The highest BCUT2D eigenvalue weighted by atomic mass is 19.1. The Balaban J connectivity index is 1.87. The standard InChI is InChI=1S/C14H20FNO/c1-10-5-13(15)4-3-12(10)9-16(2)8-11-6-14(17)7-11/h3-5,11,14,17H,6-9H2,1-2H3. The van der Waals surface area contributed by atoms with Crippen molar-refractivity contribution in [3.05, 3.63) is 35.1 Å². The quantitative estimate of drug-likeness (QED) is 0.869. The van der Waals surface area contributed by atoms with Crippen molar-refractivity contribution in [2.24, 2.45) is 5.92 Å². The summed E-state index contributed by atoms with van der Waals surface area (Å²) in [5.41, 5.74) is 2.18. The van der Waals surface area contributed by atoms with Crippen LogP contribution in [0.4, 0.5) is 4.39 Å². The first-order chi connectivity index (χ1) is 8.04. The van der Waals surface area contributed by atoms with Crippen LogP contribution >= 0.6 is 0 Å². The molecule has 2 rings (SSSR count). The molecule has 1 N–H and O–H groups in total. The number of aliphatic hydroxyl groups excluding tert-OH is 1. The average molecular weight is 237 g/mol. The molecule has 17 heavy (non-hydrogen) atoms. The monoisotopic (exact) mass is 237 g/mol. The van der Waals surface area contributed by atoms with Gasteiger partial charge in [0, 0.05) is 13.1 Å². The zero-order valence-corrected chi connectivity index (χ0v) is 10.5. The van der Waals surface area contributed by atoms with E-state index in [1.54, 1.807) is 6.07 Å². The molecule has 94 valence electrons. The van der Waals surface area contributed by atoms with Crippen LogP contribution < -0.4 is 0 Å². The predicted molar refractivity (Wildman–Crippen MR) is 66.2 cm³/mol. The molecule has 1 aromatic rings. The zero-order valence-electron chi connectivity index (χ0n) is 10.5. The largest absolute Gasteiger partial charge is 0.393 e. The number of aryl methyl sites for hydroxylation is 1. The zero-order chi connectivity index (χ0) is 12.4. The van der Waals surface area contributed by atoms with Crippen LogP contribution in [0.2, 0.25) is 0 Å². The van der Waals surface area contributed by atoms with Crippen molar-refractivity contribution >= 4 is 0 Å². The second-order valence-electron chi connectivity index (χ2n) is 5.26. The van der Waals surface area contributed by atoms with E-state index < -0.39 is 0 Å². The molecule has 0 aliphatic heterocycles. The van der Waals surface area contributed by atoms with Crippen LogP contribution in [-0.4, -0.2) is 29.7 Å². The number of halogens is 1. The molecule has 1 aromatic carbocycles. The van der Waals surface area contributed by atoms with Gasteiger partial charge in [0.15, 0.2) is 0 Å². The molecule has 0 heterocycles. The molecule has 0 aromatic heterocycles. The van der Waals surface area contributed by atoms with Crippen LogP contribution in [0.15, 0.2) is 18.2 Å². The highest BCUT2D eigenvalue weighted by Crippen LogP contribution is 2.28. The lowest BCUT2D eigenvalue weighted by atomic mass is 9.82. The van der Waals surface area contributed by atoms with E-state index in [1.807, 2.05) is 13.0 Å². The van der Waals surface area contributed by atoms with Crippen molar-refractivity contribution in [3.8, 4) is 0 Å². The molecule has 0 spiro atoms. The van der Waals surface area contributed by atoms with Gasteiger partial charge in [0.05, 0.1) is 6.10 Å². The van der Waals surface area contributed by atoms with Crippen LogP contribution in [0.25, 0.3) is 0 Å². The van der Waals surface area contributed by atoms with Gasteiger partial charge in [0.25, 0.3) is 0 Å². The lowest BCUT2D eigenvalue weighted by molar-refractivity contribution is 0.0273. The van der Waals surface area contributed by atoms with Gasteiger partial charge in [-0.25, -0.2) is 4.39 Å². The average Bonchev–Trinajstić information content (AvgIpc) is 2.20. The van der Waals surface area contributed by atoms with Crippen molar-refractivity contribution in [3.63, 3.8) is 0 Å². The number of hydrogen-bond donors (Lipinski definition) is 1. The van der Waals surface area contributed by atoms with E-state index in [9.17, 15) is 9.50 Å². The third-order valence-electron chi connectivity index (χ3n) is 3.53. The Labute approximate surface area is 102 Å². The summed E-state index contributed by atoms with van der Waals surface area (Å²) in [6, 6.07) is 4.95. The Morgan fingerprint density at radius 2 is 2.12 bits per heavy atom. The molecule has 0 saturated heterocycles. The smallest absolute Gasteiger partial charge is 0.123 e. The first kappa shape index (κ1) is 12.5. The van der Waals surface area contributed by atoms with Gasteiger partial charge in [0.2, 0.25) is 0 Å². The van der Waals surface area contributed by atoms with E-state index >= 15 is 0 Å². The van der Waals surface area contributed by atoms with E-state index in [-0.39, 0.29) is 11.9 Å². The number of hydrogen-bond acceptors (Lipinski definition) is 2. The SMILES string of the molecule is Cc1cc(F)ccc1CN(C)CC1CC(O)C1. The van der Waals surface area contributed by atoms with E-state index in [4.69, 9.17) is 0 Å². The molecule has 0 amide bonds. The van der Waals surface area contributed by atoms with Crippen molar-refractivity contribution in [1.82, 2.24) is 4.90 Å². The molecule has 2 nitrogen and oxygen atoms in total. The molecule has 3 heteroatoms. The number of rotatable bonds is 4. The van der Waals surface area contributed by atoms with E-state index in [1.165, 1.54) is 11.6 Å². The van der Waals surface area contributed by atoms with Crippen LogP contribution in [0.3, 0.4) is 0 Å². The van der Waals surface area contributed by atoms with E-state index in [0.29, 0.717) is 5.92 Å². The van der Waals surface area contributed by atoms with E-state index in [2.05, 4.69) is 11.9 Å². The van der Waals surface area contributed by atoms with Gasteiger partial charge >= 0.3 is 0 Å².